The molecule has 0 aliphatic carbocycles. The molecule has 98 valence electrons. The van der Waals surface area contributed by atoms with E-state index in [1.807, 2.05) is 7.05 Å². The van der Waals surface area contributed by atoms with Crippen LogP contribution < -0.4 is 10.6 Å². The fourth-order valence-electron chi connectivity index (χ4n) is 2.50. The van der Waals surface area contributed by atoms with Gasteiger partial charge >= 0.3 is 0 Å². The Morgan fingerprint density at radius 3 is 2.72 bits per heavy atom. The summed E-state index contributed by atoms with van der Waals surface area (Å²) >= 11 is 0. The molecule has 1 amide bonds. The smallest absolute Gasteiger partial charge is 0.242 e. The summed E-state index contributed by atoms with van der Waals surface area (Å²) in [6.07, 6.45) is 0. The molecule has 2 rings (SSSR count). The number of anilines is 1. The summed E-state index contributed by atoms with van der Waals surface area (Å²) in [6, 6.07) is 6.43. The predicted octanol–water partition coefficient (Wildman–Crippen LogP) is 0.909. The average Bonchev–Trinajstić information content (AvgIpc) is 2.32. The van der Waals surface area contributed by atoms with Gasteiger partial charge in [-0.2, -0.15) is 0 Å². The SMILES string of the molecule is Cc1ccc(N2CC(=O)N(C)C(CN)C2)c(C)c1. The van der Waals surface area contributed by atoms with Crippen molar-refractivity contribution >= 4 is 11.6 Å². The van der Waals surface area contributed by atoms with E-state index in [2.05, 4.69) is 36.9 Å². The molecule has 0 saturated carbocycles. The molecule has 4 nitrogen and oxygen atoms in total. The van der Waals surface area contributed by atoms with Gasteiger partial charge in [-0.15, -0.1) is 0 Å². The monoisotopic (exact) mass is 247 g/mol. The summed E-state index contributed by atoms with van der Waals surface area (Å²) in [5.74, 6) is 0.136. The van der Waals surface area contributed by atoms with Crippen LogP contribution in [0.2, 0.25) is 0 Å². The van der Waals surface area contributed by atoms with Crippen molar-refractivity contribution in [1.82, 2.24) is 4.90 Å². The number of carbonyl (C=O) groups excluding carboxylic acids is 1. The van der Waals surface area contributed by atoms with E-state index >= 15 is 0 Å². The molecule has 1 atom stereocenters. The number of benzene rings is 1. The van der Waals surface area contributed by atoms with E-state index < -0.39 is 0 Å². The number of amides is 1. The van der Waals surface area contributed by atoms with Crippen molar-refractivity contribution in [1.29, 1.82) is 0 Å². The first kappa shape index (κ1) is 12.9. The van der Waals surface area contributed by atoms with Gasteiger partial charge in [-0.3, -0.25) is 4.79 Å². The molecule has 2 N–H and O–H groups in total. The number of likely N-dealkylation sites (N-methyl/N-ethyl adjacent to an activating group) is 1. The molecule has 1 saturated heterocycles. The van der Waals surface area contributed by atoms with Crippen LogP contribution in [0.25, 0.3) is 0 Å². The lowest BCUT2D eigenvalue weighted by molar-refractivity contribution is -0.131. The first-order chi connectivity index (χ1) is 8.52. The van der Waals surface area contributed by atoms with Gasteiger partial charge in [0.2, 0.25) is 5.91 Å². The van der Waals surface area contributed by atoms with Crippen molar-refractivity contribution in [3.05, 3.63) is 29.3 Å². The van der Waals surface area contributed by atoms with E-state index in [4.69, 9.17) is 5.73 Å². The molecule has 18 heavy (non-hydrogen) atoms. The summed E-state index contributed by atoms with van der Waals surface area (Å²) in [5, 5.41) is 0. The van der Waals surface area contributed by atoms with Crippen molar-refractivity contribution in [2.45, 2.75) is 19.9 Å². The lowest BCUT2D eigenvalue weighted by Crippen LogP contribution is -2.57. The fraction of sp³-hybridized carbons (Fsp3) is 0.500. The van der Waals surface area contributed by atoms with Crippen LogP contribution in [-0.4, -0.2) is 43.5 Å². The van der Waals surface area contributed by atoms with Crippen LogP contribution >= 0.6 is 0 Å². The van der Waals surface area contributed by atoms with Gasteiger partial charge in [0.15, 0.2) is 0 Å². The van der Waals surface area contributed by atoms with Crippen LogP contribution in [0.3, 0.4) is 0 Å². The van der Waals surface area contributed by atoms with Gasteiger partial charge in [0.05, 0.1) is 12.6 Å². The molecule has 1 unspecified atom stereocenters. The molecule has 1 fully saturated rings. The Kier molecular flexibility index (Phi) is 3.57. The average molecular weight is 247 g/mol. The highest BCUT2D eigenvalue weighted by Gasteiger charge is 2.29. The van der Waals surface area contributed by atoms with Crippen molar-refractivity contribution in [2.75, 3.05) is 31.6 Å². The van der Waals surface area contributed by atoms with Crippen LogP contribution in [-0.2, 0) is 4.79 Å². The molecule has 4 heteroatoms. The molecule has 1 aliphatic rings. The number of rotatable bonds is 2. The highest BCUT2D eigenvalue weighted by Crippen LogP contribution is 2.23. The molecule has 1 aromatic carbocycles. The molecule has 0 bridgehead atoms. The molecule has 0 spiro atoms. The summed E-state index contributed by atoms with van der Waals surface area (Å²) in [5.41, 5.74) is 9.33. The maximum Gasteiger partial charge on any atom is 0.242 e. The molecular formula is C14H21N3O. The largest absolute Gasteiger partial charge is 0.360 e. The number of nitrogens with two attached hydrogens (primary N) is 1. The number of piperazine rings is 1. The number of carbonyl (C=O) groups is 1. The topological polar surface area (TPSA) is 49.6 Å². The quantitative estimate of drug-likeness (QED) is 0.845. The number of aryl methyl sites for hydroxylation is 2. The zero-order chi connectivity index (χ0) is 13.3. The standard InChI is InChI=1S/C14H21N3O/c1-10-4-5-13(11(2)6-10)17-8-12(7-15)16(3)14(18)9-17/h4-6,12H,7-9,15H2,1-3H3. The van der Waals surface area contributed by atoms with E-state index in [1.54, 1.807) is 4.90 Å². The van der Waals surface area contributed by atoms with Gasteiger partial charge in [0.1, 0.15) is 0 Å². The number of hydrogen-bond acceptors (Lipinski definition) is 3. The van der Waals surface area contributed by atoms with Gasteiger partial charge in [0, 0.05) is 25.8 Å². The predicted molar refractivity (Wildman–Crippen MR) is 73.7 cm³/mol. The van der Waals surface area contributed by atoms with Gasteiger partial charge in [-0.05, 0) is 25.5 Å². The first-order valence-corrected chi connectivity index (χ1v) is 6.31. The van der Waals surface area contributed by atoms with E-state index in [-0.39, 0.29) is 11.9 Å². The van der Waals surface area contributed by atoms with E-state index in [0.717, 1.165) is 12.2 Å². The third-order valence-corrected chi connectivity index (χ3v) is 3.66. The minimum atomic E-state index is 0.104. The summed E-state index contributed by atoms with van der Waals surface area (Å²) in [7, 11) is 1.83. The first-order valence-electron chi connectivity index (χ1n) is 6.31. The summed E-state index contributed by atoms with van der Waals surface area (Å²) < 4.78 is 0. The van der Waals surface area contributed by atoms with Crippen molar-refractivity contribution < 1.29 is 4.79 Å². The van der Waals surface area contributed by atoms with Gasteiger partial charge in [0.25, 0.3) is 0 Å². The number of nitrogens with zero attached hydrogens (tertiary/aromatic N) is 2. The molecule has 1 aliphatic heterocycles. The second-order valence-corrected chi connectivity index (χ2v) is 5.06. The Balaban J connectivity index is 2.26. The normalized spacial score (nSPS) is 20.4. The third kappa shape index (κ3) is 2.34. The van der Waals surface area contributed by atoms with Crippen molar-refractivity contribution in [2.24, 2.45) is 5.73 Å². The van der Waals surface area contributed by atoms with Gasteiger partial charge < -0.3 is 15.5 Å². The van der Waals surface area contributed by atoms with Crippen LogP contribution in [0.5, 0.6) is 0 Å². The van der Waals surface area contributed by atoms with Gasteiger partial charge in [-0.25, -0.2) is 0 Å². The Morgan fingerprint density at radius 2 is 2.11 bits per heavy atom. The Labute approximate surface area is 108 Å². The molecule has 1 heterocycles. The second kappa shape index (κ2) is 4.98. The van der Waals surface area contributed by atoms with Crippen LogP contribution in [0.1, 0.15) is 11.1 Å². The van der Waals surface area contributed by atoms with Crippen molar-refractivity contribution in [3.8, 4) is 0 Å². The molecular weight excluding hydrogens is 226 g/mol. The molecule has 1 aromatic rings. The number of hydrogen-bond donors (Lipinski definition) is 1. The lowest BCUT2D eigenvalue weighted by atomic mass is 10.1. The zero-order valence-corrected chi connectivity index (χ0v) is 11.3. The minimum Gasteiger partial charge on any atom is -0.360 e. The van der Waals surface area contributed by atoms with E-state index in [0.29, 0.717) is 13.1 Å². The van der Waals surface area contributed by atoms with E-state index in [9.17, 15) is 4.79 Å². The van der Waals surface area contributed by atoms with Crippen LogP contribution in [0.15, 0.2) is 18.2 Å². The lowest BCUT2D eigenvalue weighted by Gasteiger charge is -2.40. The third-order valence-electron chi connectivity index (χ3n) is 3.66. The Morgan fingerprint density at radius 1 is 1.39 bits per heavy atom. The highest BCUT2D eigenvalue weighted by molar-refractivity contribution is 5.83. The minimum absolute atomic E-state index is 0.104. The zero-order valence-electron chi connectivity index (χ0n) is 11.3. The molecule has 0 radical (unpaired) electrons. The van der Waals surface area contributed by atoms with Gasteiger partial charge in [-0.1, -0.05) is 17.7 Å². The fourth-order valence-corrected chi connectivity index (χ4v) is 2.50. The maximum absolute atomic E-state index is 12.0. The van der Waals surface area contributed by atoms with Crippen molar-refractivity contribution in [3.63, 3.8) is 0 Å². The van der Waals surface area contributed by atoms with E-state index in [1.165, 1.54) is 11.1 Å². The maximum atomic E-state index is 12.0. The Hall–Kier alpha value is -1.55. The van der Waals surface area contributed by atoms with Crippen LogP contribution in [0, 0.1) is 13.8 Å². The molecule has 0 aromatic heterocycles. The highest BCUT2D eigenvalue weighted by atomic mass is 16.2. The second-order valence-electron chi connectivity index (χ2n) is 5.06. The Bertz CT molecular complexity index is 458. The summed E-state index contributed by atoms with van der Waals surface area (Å²) in [4.78, 5) is 15.9. The van der Waals surface area contributed by atoms with Crippen LogP contribution in [0.4, 0.5) is 5.69 Å². The summed E-state index contributed by atoms with van der Waals surface area (Å²) in [6.45, 7) is 5.92.